The van der Waals surface area contributed by atoms with Crippen molar-refractivity contribution in [1.29, 1.82) is 0 Å². The van der Waals surface area contributed by atoms with Gasteiger partial charge in [-0.15, -0.1) is 11.8 Å². The first kappa shape index (κ1) is 19.7. The maximum atomic E-state index is 13.7. The molecule has 0 unspecified atom stereocenters. The summed E-state index contributed by atoms with van der Waals surface area (Å²) in [6.07, 6.45) is 0. The van der Waals surface area contributed by atoms with Crippen LogP contribution in [-0.4, -0.2) is 35.7 Å². The van der Waals surface area contributed by atoms with Gasteiger partial charge < -0.3 is 10.2 Å². The number of carbonyl (C=O) groups is 2. The van der Waals surface area contributed by atoms with E-state index < -0.39 is 16.5 Å². The number of hydrogen-bond donors (Lipinski definition) is 1. The Morgan fingerprint density at radius 2 is 2.00 bits per heavy atom. The third kappa shape index (κ3) is 3.06. The average molecular weight is 417 g/mol. The molecule has 1 atom stereocenters. The summed E-state index contributed by atoms with van der Waals surface area (Å²) < 4.78 is 27.0. The van der Waals surface area contributed by atoms with Crippen molar-refractivity contribution in [3.05, 3.63) is 64.7 Å². The van der Waals surface area contributed by atoms with Gasteiger partial charge in [-0.2, -0.15) is 0 Å². The van der Waals surface area contributed by atoms with E-state index in [1.165, 1.54) is 17.8 Å². The molecule has 1 fully saturated rings. The van der Waals surface area contributed by atoms with Crippen molar-refractivity contribution in [2.75, 3.05) is 23.7 Å². The van der Waals surface area contributed by atoms with E-state index in [0.29, 0.717) is 30.1 Å². The number of nitrogens with zero attached hydrogens (tertiary/aromatic N) is 2. The quantitative estimate of drug-likeness (QED) is 0.828. The molecule has 1 spiro atoms. The lowest BCUT2D eigenvalue weighted by Gasteiger charge is -2.33. The van der Waals surface area contributed by atoms with Gasteiger partial charge in [-0.25, -0.2) is 13.6 Å². The lowest BCUT2D eigenvalue weighted by atomic mass is 10.0. The zero-order chi connectivity index (χ0) is 20.8. The number of halogens is 2. The van der Waals surface area contributed by atoms with Crippen LogP contribution in [0.5, 0.6) is 0 Å². The number of carbonyl (C=O) groups excluding carboxylic acids is 2. The topological polar surface area (TPSA) is 52.7 Å². The summed E-state index contributed by atoms with van der Waals surface area (Å²) in [5, 5.41) is 2.79. The van der Waals surface area contributed by atoms with Crippen LogP contribution in [0.3, 0.4) is 0 Å². The summed E-state index contributed by atoms with van der Waals surface area (Å²) in [4.78, 5) is 28.4. The summed E-state index contributed by atoms with van der Waals surface area (Å²) >= 11 is 1.43. The highest BCUT2D eigenvalue weighted by Gasteiger charge is 2.59. The number of thioether (sulfide) groups is 1. The Kier molecular flexibility index (Phi) is 4.98. The van der Waals surface area contributed by atoms with Gasteiger partial charge in [0, 0.05) is 24.4 Å². The van der Waals surface area contributed by atoms with Crippen LogP contribution in [-0.2, 0) is 16.2 Å². The van der Waals surface area contributed by atoms with Gasteiger partial charge in [-0.3, -0.25) is 9.69 Å². The van der Waals surface area contributed by atoms with E-state index in [9.17, 15) is 18.4 Å². The normalized spacial score (nSPS) is 20.5. The second-order valence-corrected chi connectivity index (χ2v) is 8.43. The van der Waals surface area contributed by atoms with Crippen LogP contribution in [0.2, 0.25) is 0 Å². The molecule has 0 bridgehead atoms. The highest BCUT2D eigenvalue weighted by Crippen LogP contribution is 2.54. The monoisotopic (exact) mass is 417 g/mol. The van der Waals surface area contributed by atoms with Gasteiger partial charge in [-0.1, -0.05) is 23.8 Å². The smallest absolute Gasteiger partial charge is 0.319 e. The molecule has 5 nitrogen and oxygen atoms in total. The van der Waals surface area contributed by atoms with Crippen LogP contribution in [0, 0.1) is 18.6 Å². The standard InChI is InChI=1S/C21H21F2N3O2S/c1-3-24-20(28)26-8-9-29-21(26)15-10-13(2)4-7-18(15)25(19(21)27)12-14-5-6-16(22)17(23)11-14/h4-7,10-11H,3,8-9,12H2,1-2H3,(H,24,28)/t21-/m1/s1. The Balaban J connectivity index is 1.79. The van der Waals surface area contributed by atoms with E-state index in [-0.39, 0.29) is 18.5 Å². The molecule has 1 N–H and O–H groups in total. The van der Waals surface area contributed by atoms with E-state index in [0.717, 1.165) is 23.3 Å². The molecular weight excluding hydrogens is 396 g/mol. The lowest BCUT2D eigenvalue weighted by Crippen LogP contribution is -2.53. The van der Waals surface area contributed by atoms with Crippen LogP contribution in [0.25, 0.3) is 0 Å². The summed E-state index contributed by atoms with van der Waals surface area (Å²) in [5.74, 6) is -1.48. The first-order valence-electron chi connectivity index (χ1n) is 9.45. The molecule has 4 rings (SSSR count). The van der Waals surface area contributed by atoms with Gasteiger partial charge >= 0.3 is 6.03 Å². The van der Waals surface area contributed by atoms with Crippen LogP contribution >= 0.6 is 11.8 Å². The lowest BCUT2D eigenvalue weighted by molar-refractivity contribution is -0.123. The fourth-order valence-corrected chi connectivity index (χ4v) is 5.41. The zero-order valence-electron chi connectivity index (χ0n) is 16.2. The van der Waals surface area contributed by atoms with Gasteiger partial charge in [-0.05, 0) is 37.6 Å². The third-order valence-corrected chi connectivity index (χ3v) is 6.67. The number of anilines is 1. The minimum absolute atomic E-state index is 0.0949. The second kappa shape index (κ2) is 7.33. The molecule has 0 saturated carbocycles. The van der Waals surface area contributed by atoms with E-state index in [1.807, 2.05) is 32.0 Å². The Bertz CT molecular complexity index is 1000. The van der Waals surface area contributed by atoms with Gasteiger partial charge in [0.1, 0.15) is 0 Å². The maximum Gasteiger partial charge on any atom is 0.319 e. The summed E-state index contributed by atoms with van der Waals surface area (Å²) in [6.45, 7) is 4.78. The molecule has 3 amide bonds. The van der Waals surface area contributed by atoms with E-state index >= 15 is 0 Å². The van der Waals surface area contributed by atoms with Crippen LogP contribution in [0.4, 0.5) is 19.3 Å². The molecule has 2 aliphatic rings. The van der Waals surface area contributed by atoms with E-state index in [1.54, 1.807) is 9.80 Å². The molecule has 0 radical (unpaired) electrons. The number of benzene rings is 2. The predicted molar refractivity (Wildman–Crippen MR) is 109 cm³/mol. The number of aryl methyl sites for hydroxylation is 1. The van der Waals surface area contributed by atoms with Crippen molar-refractivity contribution in [3.8, 4) is 0 Å². The molecule has 1 saturated heterocycles. The second-order valence-electron chi connectivity index (χ2n) is 7.14. The van der Waals surface area contributed by atoms with E-state index in [2.05, 4.69) is 5.32 Å². The number of hydrogen-bond acceptors (Lipinski definition) is 3. The Labute approximate surface area is 172 Å². The molecule has 29 heavy (non-hydrogen) atoms. The van der Waals surface area contributed by atoms with Gasteiger partial charge in [0.25, 0.3) is 5.91 Å². The number of rotatable bonds is 3. The van der Waals surface area contributed by atoms with Crippen LogP contribution in [0.15, 0.2) is 36.4 Å². The number of amides is 3. The first-order valence-corrected chi connectivity index (χ1v) is 10.4. The Hall–Kier alpha value is -2.61. The highest BCUT2D eigenvalue weighted by molar-refractivity contribution is 8.01. The molecule has 152 valence electrons. The predicted octanol–water partition coefficient (Wildman–Crippen LogP) is 3.75. The van der Waals surface area contributed by atoms with E-state index in [4.69, 9.17) is 0 Å². The van der Waals surface area contributed by atoms with Crippen molar-refractivity contribution >= 4 is 29.4 Å². The molecular formula is C21H21F2N3O2S. The van der Waals surface area contributed by atoms with Crippen molar-refractivity contribution in [1.82, 2.24) is 10.2 Å². The van der Waals surface area contributed by atoms with Crippen LogP contribution < -0.4 is 10.2 Å². The van der Waals surface area contributed by atoms with Gasteiger partial charge in [0.15, 0.2) is 16.5 Å². The first-order chi connectivity index (χ1) is 13.9. The molecule has 0 aliphatic carbocycles. The highest BCUT2D eigenvalue weighted by atomic mass is 32.2. The molecule has 2 aliphatic heterocycles. The molecule has 2 aromatic rings. The number of fused-ring (bicyclic) bond motifs is 2. The SMILES string of the molecule is CCNC(=O)N1CCS[C@]12C(=O)N(Cc1ccc(F)c(F)c1)c1ccc(C)cc12. The van der Waals surface area contributed by atoms with Gasteiger partial charge in [0.2, 0.25) is 0 Å². The van der Waals surface area contributed by atoms with Crippen molar-refractivity contribution in [2.45, 2.75) is 25.3 Å². The maximum absolute atomic E-state index is 13.7. The van der Waals surface area contributed by atoms with Crippen molar-refractivity contribution in [3.63, 3.8) is 0 Å². The fourth-order valence-electron chi connectivity index (χ4n) is 3.95. The fraction of sp³-hybridized carbons (Fsp3) is 0.333. The van der Waals surface area contributed by atoms with Crippen molar-refractivity contribution < 1.29 is 18.4 Å². The van der Waals surface area contributed by atoms with Crippen LogP contribution in [0.1, 0.15) is 23.6 Å². The molecule has 8 heteroatoms. The third-order valence-electron chi connectivity index (χ3n) is 5.25. The van der Waals surface area contributed by atoms with Crippen molar-refractivity contribution in [2.24, 2.45) is 0 Å². The minimum atomic E-state index is -1.14. The Morgan fingerprint density at radius 3 is 2.72 bits per heavy atom. The summed E-state index contributed by atoms with van der Waals surface area (Å²) in [7, 11) is 0. The minimum Gasteiger partial charge on any atom is -0.338 e. The summed E-state index contributed by atoms with van der Waals surface area (Å²) in [5.41, 5.74) is 2.91. The average Bonchev–Trinajstić information content (AvgIpc) is 3.22. The summed E-state index contributed by atoms with van der Waals surface area (Å²) in [6, 6.07) is 9.03. The number of nitrogens with one attached hydrogen (secondary N) is 1. The largest absolute Gasteiger partial charge is 0.338 e. The number of urea groups is 1. The van der Waals surface area contributed by atoms with Gasteiger partial charge in [0.05, 0.1) is 12.2 Å². The molecule has 2 heterocycles. The molecule has 0 aromatic heterocycles. The Morgan fingerprint density at radius 1 is 1.21 bits per heavy atom. The molecule has 2 aromatic carbocycles. The zero-order valence-corrected chi connectivity index (χ0v) is 17.0.